The minimum atomic E-state index is -1.71. The second-order valence-corrected chi connectivity index (χ2v) is 27.7. The van der Waals surface area contributed by atoms with Crippen LogP contribution in [0.1, 0.15) is 72.2 Å². The van der Waals surface area contributed by atoms with Gasteiger partial charge in [-0.25, -0.2) is 0 Å². The number of rotatable bonds is 22. The lowest BCUT2D eigenvalue weighted by molar-refractivity contribution is 0.261. The van der Waals surface area contributed by atoms with Crippen LogP contribution in [0.3, 0.4) is 0 Å². The van der Waals surface area contributed by atoms with E-state index in [-0.39, 0.29) is 23.0 Å². The Hall–Kier alpha value is -4.47. The molecule has 2 atom stereocenters. The molecule has 0 amide bonds. The molecule has 65 heavy (non-hydrogen) atoms. The molecule has 4 aromatic rings. The number of phenolic OH excluding ortho intramolecular Hbond substituents is 2. The number of aromatic hydroxyl groups is 2. The molecule has 2 unspecified atom stereocenters. The Balaban J connectivity index is 0.000000239. The van der Waals surface area contributed by atoms with E-state index in [0.717, 1.165) is 70.9 Å². The average Bonchev–Trinajstić information content (AvgIpc) is 4.18. The van der Waals surface area contributed by atoms with E-state index < -0.39 is 26.6 Å². The van der Waals surface area contributed by atoms with Gasteiger partial charge in [0.25, 0.3) is 0 Å². The van der Waals surface area contributed by atoms with Gasteiger partial charge in [0, 0.05) is 10.8 Å². The van der Waals surface area contributed by atoms with Crippen LogP contribution in [0.2, 0.25) is 39.3 Å². The van der Waals surface area contributed by atoms with Gasteiger partial charge >= 0.3 is 8.56 Å². The molecule has 2 heterocycles. The molecule has 0 aromatic heterocycles. The van der Waals surface area contributed by atoms with Gasteiger partial charge in [0.15, 0.2) is 18.1 Å². The maximum atomic E-state index is 9.96. The summed E-state index contributed by atoms with van der Waals surface area (Å²) in [6, 6.07) is 24.4. The SMILES string of the molecule is C=CCc1cc(C(C)(C)c2ccc(O)c(CC=C)c2)ccc1O.C=CCc1cc(C(C)(C)c2ccc(OCC3CO3)c(CC=C)c2)ccc1OCC1CO1.C[SiH](C)O[Si](C)(C)O[SiH](C)C. The lowest BCUT2D eigenvalue weighted by Gasteiger charge is -2.28. The van der Waals surface area contributed by atoms with Crippen LogP contribution in [0.5, 0.6) is 23.0 Å². The van der Waals surface area contributed by atoms with Crippen molar-refractivity contribution in [2.75, 3.05) is 26.4 Å². The van der Waals surface area contributed by atoms with Crippen molar-refractivity contribution in [2.45, 2.75) is 116 Å². The third kappa shape index (κ3) is 16.4. The molecule has 6 rings (SSSR count). The maximum Gasteiger partial charge on any atom is 0.310 e. The quantitative estimate of drug-likeness (QED) is 0.0456. The standard InChI is InChI=1S/C27H32O4.C21H24O2.C6H20O2Si3/c1-5-7-19-13-21(9-11-25(19)30-17-23-15-28-23)27(3,4)22-10-12-26(20(14-22)8-6-2)31-18-24-16-29-24;1-5-7-15-13-17(9-11-19(15)22)21(3,4)18-10-12-20(23)16(14-18)8-6-2;1-9(2)7-11(5,6)8-10(3)4/h5-6,9-14,23-24H,1-2,7-8,15-18H2,3-4H3;5-6,9-14,22-23H,1-2,7-8H2,3-4H3;9-10H,1-6H3. The highest BCUT2D eigenvalue weighted by Gasteiger charge is 2.29. The first-order chi connectivity index (χ1) is 30.7. The number of phenols is 2. The molecule has 352 valence electrons. The molecular weight excluding hydrogens is 861 g/mol. The van der Waals surface area contributed by atoms with Gasteiger partial charge in [-0.2, -0.15) is 0 Å². The van der Waals surface area contributed by atoms with Crippen molar-refractivity contribution in [3.05, 3.63) is 168 Å². The molecule has 2 aliphatic heterocycles. The van der Waals surface area contributed by atoms with Gasteiger partial charge in [-0.15, -0.1) is 26.3 Å². The lowest BCUT2D eigenvalue weighted by Crippen LogP contribution is -2.42. The van der Waals surface area contributed by atoms with Crippen LogP contribution >= 0.6 is 0 Å². The summed E-state index contributed by atoms with van der Waals surface area (Å²) in [4.78, 5) is 0. The molecule has 0 radical (unpaired) electrons. The number of hydrogen-bond donors (Lipinski definition) is 2. The van der Waals surface area contributed by atoms with Crippen LogP contribution in [0.4, 0.5) is 0 Å². The monoisotopic (exact) mass is 936 g/mol. The predicted molar refractivity (Wildman–Crippen MR) is 277 cm³/mol. The Morgan fingerprint density at radius 1 is 0.554 bits per heavy atom. The topological polar surface area (TPSA) is 102 Å². The van der Waals surface area contributed by atoms with E-state index in [2.05, 4.69) is 130 Å². The van der Waals surface area contributed by atoms with Crippen LogP contribution in [0, 0.1) is 0 Å². The number of epoxide rings is 2. The zero-order valence-electron chi connectivity index (χ0n) is 40.9. The molecule has 0 saturated carbocycles. The summed E-state index contributed by atoms with van der Waals surface area (Å²) in [5, 5.41) is 19.9. The summed E-state index contributed by atoms with van der Waals surface area (Å²) in [6.07, 6.45) is 10.7. The third-order valence-electron chi connectivity index (χ3n) is 11.3. The summed E-state index contributed by atoms with van der Waals surface area (Å²) >= 11 is 0. The van der Waals surface area contributed by atoms with Gasteiger partial charge < -0.3 is 37.4 Å². The maximum absolute atomic E-state index is 9.96. The summed E-state index contributed by atoms with van der Waals surface area (Å²) in [5.74, 6) is 2.41. The molecule has 0 spiro atoms. The Kier molecular flexibility index (Phi) is 19.9. The summed E-state index contributed by atoms with van der Waals surface area (Å²) in [6.45, 7) is 40.0. The molecule has 8 nitrogen and oxygen atoms in total. The van der Waals surface area contributed by atoms with E-state index in [1.807, 2.05) is 36.4 Å². The van der Waals surface area contributed by atoms with Gasteiger partial charge in [0.1, 0.15) is 48.4 Å². The highest BCUT2D eigenvalue weighted by molar-refractivity contribution is 6.78. The van der Waals surface area contributed by atoms with E-state index in [9.17, 15) is 10.2 Å². The lowest BCUT2D eigenvalue weighted by atomic mass is 9.76. The first kappa shape index (κ1) is 53.1. The normalized spacial score (nSPS) is 15.5. The Morgan fingerprint density at radius 2 is 0.846 bits per heavy atom. The number of allylic oxidation sites excluding steroid dienone is 4. The van der Waals surface area contributed by atoms with Crippen LogP contribution in [-0.4, -0.2) is 75.5 Å². The smallest absolute Gasteiger partial charge is 0.310 e. The minimum Gasteiger partial charge on any atom is -0.508 e. The summed E-state index contributed by atoms with van der Waals surface area (Å²) < 4.78 is 34.2. The molecule has 2 aliphatic rings. The van der Waals surface area contributed by atoms with E-state index in [0.29, 0.717) is 37.6 Å². The number of benzene rings is 4. The predicted octanol–water partition coefficient (Wildman–Crippen LogP) is 11.6. The van der Waals surface area contributed by atoms with Crippen molar-refractivity contribution in [1.29, 1.82) is 0 Å². The highest BCUT2D eigenvalue weighted by Crippen LogP contribution is 2.38. The van der Waals surface area contributed by atoms with Crippen molar-refractivity contribution in [1.82, 2.24) is 0 Å². The van der Waals surface area contributed by atoms with Crippen molar-refractivity contribution >= 4 is 26.6 Å². The number of hydrogen-bond acceptors (Lipinski definition) is 8. The molecule has 11 heteroatoms. The van der Waals surface area contributed by atoms with Crippen molar-refractivity contribution < 1.29 is 37.4 Å². The highest BCUT2D eigenvalue weighted by atomic mass is 28.5. The fourth-order valence-corrected chi connectivity index (χ4v) is 17.4. The molecule has 2 saturated heterocycles. The van der Waals surface area contributed by atoms with Crippen molar-refractivity contribution in [3.8, 4) is 23.0 Å². The van der Waals surface area contributed by atoms with Gasteiger partial charge in [-0.05, 0) is 134 Å². The first-order valence-corrected chi connectivity index (χ1v) is 31.3. The molecule has 2 fully saturated rings. The van der Waals surface area contributed by atoms with E-state index in [1.54, 1.807) is 24.3 Å². The largest absolute Gasteiger partial charge is 0.508 e. The number of ether oxygens (including phenoxy) is 4. The molecule has 4 aromatic carbocycles. The zero-order valence-corrected chi connectivity index (χ0v) is 44.2. The van der Waals surface area contributed by atoms with Crippen LogP contribution in [0.15, 0.2) is 123 Å². The fourth-order valence-electron chi connectivity index (χ4n) is 7.62. The molecule has 0 bridgehead atoms. The summed E-state index contributed by atoms with van der Waals surface area (Å²) in [5.41, 5.74) is 8.33. The Morgan fingerprint density at radius 3 is 1.14 bits per heavy atom. The second kappa shape index (κ2) is 24.3. The van der Waals surface area contributed by atoms with Gasteiger partial charge in [0.2, 0.25) is 0 Å². The second-order valence-electron chi connectivity index (χ2n) is 18.8. The van der Waals surface area contributed by atoms with E-state index >= 15 is 0 Å². The van der Waals surface area contributed by atoms with Crippen LogP contribution in [-0.2, 0) is 54.2 Å². The van der Waals surface area contributed by atoms with Gasteiger partial charge in [-0.1, -0.05) is 101 Å². The molecule has 0 aliphatic carbocycles. The molecule has 2 N–H and O–H groups in total. The van der Waals surface area contributed by atoms with E-state index in [4.69, 9.17) is 27.2 Å². The van der Waals surface area contributed by atoms with Crippen molar-refractivity contribution in [3.63, 3.8) is 0 Å². The minimum absolute atomic E-state index is 0.178. The Bertz CT molecular complexity index is 2060. The third-order valence-corrected chi connectivity index (χ3v) is 19.6. The first-order valence-electron chi connectivity index (χ1n) is 22.9. The zero-order chi connectivity index (χ0) is 48.0. The van der Waals surface area contributed by atoms with Crippen LogP contribution < -0.4 is 9.47 Å². The fraction of sp³-hybridized carbons (Fsp3) is 0.407. The van der Waals surface area contributed by atoms with Gasteiger partial charge in [0.05, 0.1) is 13.2 Å². The van der Waals surface area contributed by atoms with E-state index in [1.165, 1.54) is 11.1 Å². The summed E-state index contributed by atoms with van der Waals surface area (Å²) in [7, 11) is -3.50. The molecular formula is C54H76O8Si3. The van der Waals surface area contributed by atoms with Crippen LogP contribution in [0.25, 0.3) is 0 Å². The van der Waals surface area contributed by atoms with Crippen molar-refractivity contribution in [2.24, 2.45) is 0 Å². The average molecular weight is 937 g/mol. The van der Waals surface area contributed by atoms with Gasteiger partial charge in [-0.3, -0.25) is 0 Å². The Labute approximate surface area is 395 Å².